The van der Waals surface area contributed by atoms with E-state index in [1.807, 2.05) is 26.0 Å². The topological polar surface area (TPSA) is 55.8 Å². The SMILES string of the molecule is CC1(C)CCc2cc(Br)ccc2O1.CC1(C)CN(S(=O)(=O)c2ccc(F)cc2)c2cc(Br)ccc2O1. The molecule has 192 valence electrons. The third-order valence-corrected chi connectivity index (χ3v) is 8.67. The molecule has 5 nitrogen and oxygen atoms in total. The fourth-order valence-electron chi connectivity index (χ4n) is 4.11. The fraction of sp³-hybridized carbons (Fsp3) is 0.333. The highest BCUT2D eigenvalue weighted by Gasteiger charge is 2.38. The molecule has 2 heterocycles. The molecule has 0 aromatic heterocycles. The van der Waals surface area contributed by atoms with Crippen molar-refractivity contribution in [3.05, 3.63) is 81.0 Å². The number of benzene rings is 3. The highest BCUT2D eigenvalue weighted by Crippen LogP contribution is 2.41. The average molecular weight is 641 g/mol. The first-order valence-corrected chi connectivity index (χ1v) is 14.5. The van der Waals surface area contributed by atoms with Crippen LogP contribution in [0.5, 0.6) is 11.5 Å². The van der Waals surface area contributed by atoms with Gasteiger partial charge in [0.2, 0.25) is 0 Å². The molecule has 0 radical (unpaired) electrons. The van der Waals surface area contributed by atoms with Crippen molar-refractivity contribution >= 4 is 47.6 Å². The lowest BCUT2D eigenvalue weighted by Crippen LogP contribution is -2.49. The molecule has 2 aliphatic heterocycles. The predicted octanol–water partition coefficient (Wildman–Crippen LogP) is 7.51. The van der Waals surface area contributed by atoms with Crippen molar-refractivity contribution in [2.24, 2.45) is 0 Å². The van der Waals surface area contributed by atoms with Gasteiger partial charge in [0.1, 0.15) is 28.5 Å². The van der Waals surface area contributed by atoms with Crippen LogP contribution in [0.25, 0.3) is 0 Å². The molecular formula is C27H28Br2FNO4S. The van der Waals surface area contributed by atoms with Crippen LogP contribution in [0.15, 0.2) is 74.5 Å². The summed E-state index contributed by atoms with van der Waals surface area (Å²) in [6.45, 7) is 8.09. The van der Waals surface area contributed by atoms with Gasteiger partial charge in [0, 0.05) is 8.95 Å². The maximum Gasteiger partial charge on any atom is 0.264 e. The van der Waals surface area contributed by atoms with Gasteiger partial charge in [0.15, 0.2) is 0 Å². The van der Waals surface area contributed by atoms with E-state index in [9.17, 15) is 12.8 Å². The van der Waals surface area contributed by atoms with Gasteiger partial charge in [-0.25, -0.2) is 12.8 Å². The third kappa shape index (κ3) is 6.06. The summed E-state index contributed by atoms with van der Waals surface area (Å²) in [5.41, 5.74) is 1.10. The number of aryl methyl sites for hydroxylation is 1. The zero-order chi connectivity index (χ0) is 26.3. The van der Waals surface area contributed by atoms with Crippen LogP contribution in [0.3, 0.4) is 0 Å². The second kappa shape index (κ2) is 9.99. The lowest BCUT2D eigenvalue weighted by atomic mass is 9.94. The molecule has 0 spiro atoms. The van der Waals surface area contributed by atoms with Crippen LogP contribution in [-0.4, -0.2) is 26.2 Å². The second-order valence-electron chi connectivity index (χ2n) is 10.1. The molecule has 0 N–H and O–H groups in total. The Labute approximate surface area is 228 Å². The maximum atomic E-state index is 13.1. The van der Waals surface area contributed by atoms with Crippen molar-refractivity contribution in [1.82, 2.24) is 0 Å². The summed E-state index contributed by atoms with van der Waals surface area (Å²) >= 11 is 6.82. The largest absolute Gasteiger partial charge is 0.488 e. The van der Waals surface area contributed by atoms with Crippen LogP contribution in [0.4, 0.5) is 10.1 Å². The molecule has 3 aromatic carbocycles. The summed E-state index contributed by atoms with van der Waals surface area (Å²) in [5, 5.41) is 0. The Morgan fingerprint density at radius 1 is 0.833 bits per heavy atom. The number of anilines is 1. The summed E-state index contributed by atoms with van der Waals surface area (Å²) in [6, 6.07) is 16.3. The standard InChI is InChI=1S/C16H15BrFNO3S.C11H13BrO/c1-16(2)10-19(14-9-11(17)3-8-15(14)22-16)23(20,21)13-6-4-12(18)5-7-13;1-11(2)6-5-8-7-9(12)3-4-10(8)13-11/h3-9H,10H2,1-2H3;3-4,7H,5-6H2,1-2H3. The molecule has 0 atom stereocenters. The summed E-state index contributed by atoms with van der Waals surface area (Å²) in [7, 11) is -3.81. The number of halogens is 3. The summed E-state index contributed by atoms with van der Waals surface area (Å²) in [6.07, 6.45) is 2.21. The van der Waals surface area contributed by atoms with Crippen molar-refractivity contribution in [3.63, 3.8) is 0 Å². The van der Waals surface area contributed by atoms with Gasteiger partial charge in [-0.05, 0) is 107 Å². The monoisotopic (exact) mass is 639 g/mol. The minimum absolute atomic E-state index is 0.000823. The van der Waals surface area contributed by atoms with Crippen molar-refractivity contribution in [2.45, 2.75) is 56.6 Å². The van der Waals surface area contributed by atoms with Crippen LogP contribution in [0.2, 0.25) is 0 Å². The molecule has 0 amide bonds. The fourth-order valence-corrected chi connectivity index (χ4v) is 6.48. The number of nitrogens with zero attached hydrogens (tertiary/aromatic N) is 1. The van der Waals surface area contributed by atoms with Gasteiger partial charge in [-0.2, -0.15) is 0 Å². The Bertz CT molecular complexity index is 1380. The Kier molecular flexibility index (Phi) is 7.48. The van der Waals surface area contributed by atoms with E-state index in [-0.39, 0.29) is 17.0 Å². The smallest absolute Gasteiger partial charge is 0.264 e. The van der Waals surface area contributed by atoms with E-state index < -0.39 is 21.4 Å². The first kappa shape index (κ1) is 26.9. The zero-order valence-corrected chi connectivity index (χ0v) is 24.5. The van der Waals surface area contributed by atoms with E-state index in [2.05, 4.69) is 51.8 Å². The molecular weight excluding hydrogens is 613 g/mol. The molecule has 0 saturated carbocycles. The summed E-state index contributed by atoms with van der Waals surface area (Å²) in [5.74, 6) is 1.06. The number of hydrogen-bond acceptors (Lipinski definition) is 4. The van der Waals surface area contributed by atoms with Gasteiger partial charge in [0.05, 0.1) is 17.1 Å². The van der Waals surface area contributed by atoms with Gasteiger partial charge in [0.25, 0.3) is 10.0 Å². The maximum absolute atomic E-state index is 13.1. The zero-order valence-electron chi connectivity index (χ0n) is 20.5. The van der Waals surface area contributed by atoms with E-state index in [0.717, 1.165) is 39.7 Å². The van der Waals surface area contributed by atoms with Gasteiger partial charge >= 0.3 is 0 Å². The van der Waals surface area contributed by atoms with Crippen molar-refractivity contribution in [2.75, 3.05) is 10.8 Å². The molecule has 3 aromatic rings. The van der Waals surface area contributed by atoms with Crippen LogP contribution in [0.1, 0.15) is 39.7 Å². The van der Waals surface area contributed by atoms with E-state index in [1.54, 1.807) is 18.2 Å². The minimum atomic E-state index is -3.81. The molecule has 5 rings (SSSR count). The minimum Gasteiger partial charge on any atom is -0.488 e. The first-order chi connectivity index (χ1) is 16.8. The lowest BCUT2D eigenvalue weighted by molar-refractivity contribution is 0.0846. The van der Waals surface area contributed by atoms with Gasteiger partial charge in [-0.1, -0.05) is 31.9 Å². The van der Waals surface area contributed by atoms with Crippen molar-refractivity contribution < 1.29 is 22.3 Å². The third-order valence-electron chi connectivity index (χ3n) is 5.91. The molecule has 0 bridgehead atoms. The predicted molar refractivity (Wildman–Crippen MR) is 147 cm³/mol. The second-order valence-corrected chi connectivity index (χ2v) is 13.7. The van der Waals surface area contributed by atoms with E-state index >= 15 is 0 Å². The summed E-state index contributed by atoms with van der Waals surface area (Å²) in [4.78, 5) is 0.0440. The highest BCUT2D eigenvalue weighted by molar-refractivity contribution is 9.10. The Morgan fingerprint density at radius 2 is 1.42 bits per heavy atom. The van der Waals surface area contributed by atoms with Crippen LogP contribution < -0.4 is 13.8 Å². The van der Waals surface area contributed by atoms with E-state index in [0.29, 0.717) is 11.4 Å². The van der Waals surface area contributed by atoms with Gasteiger partial charge in [-0.15, -0.1) is 0 Å². The van der Waals surface area contributed by atoms with Crippen LogP contribution in [0, 0.1) is 5.82 Å². The normalized spacial score (nSPS) is 17.5. The molecule has 36 heavy (non-hydrogen) atoms. The van der Waals surface area contributed by atoms with Gasteiger partial charge in [-0.3, -0.25) is 4.31 Å². The Morgan fingerprint density at radius 3 is 2.08 bits per heavy atom. The number of sulfonamides is 1. The number of rotatable bonds is 2. The summed E-state index contributed by atoms with van der Waals surface area (Å²) < 4.78 is 54.0. The first-order valence-electron chi connectivity index (χ1n) is 11.5. The molecule has 0 fully saturated rings. The van der Waals surface area contributed by atoms with E-state index in [1.165, 1.54) is 22.0 Å². The van der Waals surface area contributed by atoms with Crippen molar-refractivity contribution in [1.29, 1.82) is 0 Å². The van der Waals surface area contributed by atoms with Gasteiger partial charge < -0.3 is 9.47 Å². The molecule has 0 saturated heterocycles. The molecule has 9 heteroatoms. The lowest BCUT2D eigenvalue weighted by Gasteiger charge is -2.40. The number of hydrogen-bond donors (Lipinski definition) is 0. The number of fused-ring (bicyclic) bond motifs is 2. The Balaban J connectivity index is 0.000000197. The molecule has 0 aliphatic carbocycles. The average Bonchev–Trinajstić information content (AvgIpc) is 2.79. The van der Waals surface area contributed by atoms with Crippen LogP contribution in [-0.2, 0) is 16.4 Å². The number of ether oxygens (including phenoxy) is 2. The van der Waals surface area contributed by atoms with E-state index in [4.69, 9.17) is 9.47 Å². The molecule has 0 unspecified atom stereocenters. The van der Waals surface area contributed by atoms with Crippen LogP contribution >= 0.6 is 31.9 Å². The van der Waals surface area contributed by atoms with Crippen molar-refractivity contribution in [3.8, 4) is 11.5 Å². The quantitative estimate of drug-likeness (QED) is 0.291. The Hall–Kier alpha value is -2.10. The highest BCUT2D eigenvalue weighted by atomic mass is 79.9. The molecule has 2 aliphatic rings.